The van der Waals surface area contributed by atoms with E-state index in [9.17, 15) is 0 Å². The summed E-state index contributed by atoms with van der Waals surface area (Å²) in [6, 6.07) is 11.1. The second-order valence-corrected chi connectivity index (χ2v) is 7.58. The van der Waals surface area contributed by atoms with Gasteiger partial charge in [-0.25, -0.2) is 0 Å². The van der Waals surface area contributed by atoms with Crippen LogP contribution in [0.15, 0.2) is 35.3 Å². The molecule has 1 atom stereocenters. The number of anilines is 1. The number of rotatable bonds is 4. The molecule has 6 heteroatoms. The first kappa shape index (κ1) is 21.3. The van der Waals surface area contributed by atoms with Gasteiger partial charge in [0.15, 0.2) is 5.96 Å². The number of likely N-dealkylation sites (tertiary alicyclic amines) is 1. The largest absolute Gasteiger partial charge is 0.370 e. The van der Waals surface area contributed by atoms with Crippen LogP contribution in [0.25, 0.3) is 0 Å². The highest BCUT2D eigenvalue weighted by Crippen LogP contribution is 2.17. The lowest BCUT2D eigenvalue weighted by Crippen LogP contribution is -2.50. The Morgan fingerprint density at radius 3 is 2.31 bits per heavy atom. The number of aliphatic imine (C=N–C) groups is 1. The second kappa shape index (κ2) is 10.3. The van der Waals surface area contributed by atoms with Gasteiger partial charge >= 0.3 is 0 Å². The molecule has 2 heterocycles. The fourth-order valence-corrected chi connectivity index (χ4v) is 3.74. The number of nitrogens with two attached hydrogens (primary N) is 1. The molecule has 5 nitrogen and oxygen atoms in total. The predicted octanol–water partition coefficient (Wildman–Crippen LogP) is 2.86. The van der Waals surface area contributed by atoms with Crippen molar-refractivity contribution < 1.29 is 0 Å². The number of piperazine rings is 1. The lowest BCUT2D eigenvalue weighted by molar-refractivity contribution is 0.201. The van der Waals surface area contributed by atoms with Crippen molar-refractivity contribution in [2.24, 2.45) is 16.6 Å². The van der Waals surface area contributed by atoms with Crippen LogP contribution in [-0.4, -0.2) is 67.6 Å². The van der Waals surface area contributed by atoms with Crippen LogP contribution in [0.3, 0.4) is 0 Å². The van der Waals surface area contributed by atoms with E-state index in [4.69, 9.17) is 10.7 Å². The SMILES string of the molecule is CC1CCN(C(N)=NCC(C)N2CCN(c3ccccc3)CC2)CC1.I. The average Bonchev–Trinajstić information content (AvgIpc) is 2.67. The number of benzene rings is 1. The van der Waals surface area contributed by atoms with Crippen LogP contribution in [0.5, 0.6) is 0 Å². The van der Waals surface area contributed by atoms with Crippen molar-refractivity contribution >= 4 is 35.6 Å². The zero-order chi connectivity index (χ0) is 17.6. The maximum atomic E-state index is 6.22. The van der Waals surface area contributed by atoms with Crippen LogP contribution in [-0.2, 0) is 0 Å². The highest BCUT2D eigenvalue weighted by atomic mass is 127. The van der Waals surface area contributed by atoms with Crippen LogP contribution in [0.4, 0.5) is 5.69 Å². The Labute approximate surface area is 175 Å². The van der Waals surface area contributed by atoms with Crippen LogP contribution >= 0.6 is 24.0 Å². The summed E-state index contributed by atoms with van der Waals surface area (Å²) in [4.78, 5) is 11.9. The summed E-state index contributed by atoms with van der Waals surface area (Å²) in [7, 11) is 0. The van der Waals surface area contributed by atoms with Crippen molar-refractivity contribution in [3.05, 3.63) is 30.3 Å². The first-order chi connectivity index (χ1) is 12.1. The van der Waals surface area contributed by atoms with Gasteiger partial charge in [-0.05, 0) is 37.8 Å². The molecule has 0 spiro atoms. The zero-order valence-corrected chi connectivity index (χ0v) is 18.5. The molecule has 0 aliphatic carbocycles. The molecule has 2 N–H and O–H groups in total. The number of hydrogen-bond acceptors (Lipinski definition) is 3. The van der Waals surface area contributed by atoms with E-state index in [1.807, 2.05) is 0 Å². The number of para-hydroxylation sites is 1. The van der Waals surface area contributed by atoms with Gasteiger partial charge in [0.1, 0.15) is 0 Å². The summed E-state index contributed by atoms with van der Waals surface area (Å²) in [6.07, 6.45) is 2.46. The summed E-state index contributed by atoms with van der Waals surface area (Å²) in [5.74, 6) is 1.56. The van der Waals surface area contributed by atoms with Gasteiger partial charge in [0.2, 0.25) is 0 Å². The number of guanidine groups is 1. The third kappa shape index (κ3) is 5.74. The van der Waals surface area contributed by atoms with Crippen molar-refractivity contribution in [2.75, 3.05) is 50.7 Å². The molecule has 0 amide bonds. The van der Waals surface area contributed by atoms with Crippen LogP contribution < -0.4 is 10.6 Å². The molecule has 2 aliphatic rings. The van der Waals surface area contributed by atoms with E-state index in [0.717, 1.165) is 57.7 Å². The Balaban J connectivity index is 0.00000243. The Morgan fingerprint density at radius 2 is 1.69 bits per heavy atom. The van der Waals surface area contributed by atoms with Gasteiger partial charge in [-0.2, -0.15) is 0 Å². The molecular formula is C20H34IN5. The van der Waals surface area contributed by atoms with Gasteiger partial charge in [0.05, 0.1) is 6.54 Å². The van der Waals surface area contributed by atoms with Gasteiger partial charge in [-0.3, -0.25) is 9.89 Å². The van der Waals surface area contributed by atoms with Crippen LogP contribution in [0, 0.1) is 5.92 Å². The lowest BCUT2D eigenvalue weighted by Gasteiger charge is -2.39. The van der Waals surface area contributed by atoms with E-state index in [2.05, 4.69) is 58.9 Å². The Hall–Kier alpha value is -1.02. The zero-order valence-electron chi connectivity index (χ0n) is 16.2. The lowest BCUT2D eigenvalue weighted by atomic mass is 10.00. The molecule has 0 radical (unpaired) electrons. The molecule has 0 bridgehead atoms. The first-order valence-corrected chi connectivity index (χ1v) is 9.72. The number of halogens is 1. The van der Waals surface area contributed by atoms with Crippen molar-refractivity contribution in [1.82, 2.24) is 9.80 Å². The Bertz CT molecular complexity index is 549. The van der Waals surface area contributed by atoms with Gasteiger partial charge in [0.25, 0.3) is 0 Å². The average molecular weight is 471 g/mol. The minimum atomic E-state index is 0. The number of nitrogens with zero attached hydrogens (tertiary/aromatic N) is 4. The fraction of sp³-hybridized carbons (Fsp3) is 0.650. The van der Waals surface area contributed by atoms with E-state index in [0.29, 0.717) is 6.04 Å². The minimum absolute atomic E-state index is 0. The van der Waals surface area contributed by atoms with E-state index < -0.39 is 0 Å². The standard InChI is InChI=1S/C20H33N5.HI/c1-17-8-10-25(11-9-17)20(21)22-16-18(2)23-12-14-24(15-13-23)19-6-4-3-5-7-19;/h3-7,17-18H,8-16H2,1-2H3,(H2,21,22);1H. The van der Waals surface area contributed by atoms with Crippen molar-refractivity contribution in [3.63, 3.8) is 0 Å². The van der Waals surface area contributed by atoms with E-state index in [-0.39, 0.29) is 24.0 Å². The maximum Gasteiger partial charge on any atom is 0.191 e. The summed E-state index contributed by atoms with van der Waals surface area (Å²) in [5, 5.41) is 0. The molecule has 3 rings (SSSR count). The number of piperidine rings is 1. The molecule has 2 fully saturated rings. The third-order valence-electron chi connectivity index (χ3n) is 5.68. The fourth-order valence-electron chi connectivity index (χ4n) is 3.74. The Kier molecular flexibility index (Phi) is 8.47. The van der Waals surface area contributed by atoms with Crippen LogP contribution in [0.2, 0.25) is 0 Å². The molecule has 1 unspecified atom stereocenters. The molecular weight excluding hydrogens is 437 g/mol. The molecule has 2 saturated heterocycles. The molecule has 2 aliphatic heterocycles. The van der Waals surface area contributed by atoms with Crippen molar-refractivity contribution in [3.8, 4) is 0 Å². The van der Waals surface area contributed by atoms with E-state index >= 15 is 0 Å². The molecule has 1 aromatic rings. The van der Waals surface area contributed by atoms with Crippen molar-refractivity contribution in [1.29, 1.82) is 0 Å². The van der Waals surface area contributed by atoms with Gasteiger partial charge in [-0.15, -0.1) is 24.0 Å². The van der Waals surface area contributed by atoms with E-state index in [1.54, 1.807) is 0 Å². The maximum absolute atomic E-state index is 6.22. The molecule has 0 saturated carbocycles. The predicted molar refractivity (Wildman–Crippen MR) is 122 cm³/mol. The summed E-state index contributed by atoms with van der Waals surface area (Å²) < 4.78 is 0. The number of hydrogen-bond donors (Lipinski definition) is 1. The quantitative estimate of drug-likeness (QED) is 0.417. The van der Waals surface area contributed by atoms with Gasteiger partial charge < -0.3 is 15.5 Å². The van der Waals surface area contributed by atoms with Crippen molar-refractivity contribution in [2.45, 2.75) is 32.7 Å². The normalized spacial score (nSPS) is 21.4. The molecule has 1 aromatic carbocycles. The van der Waals surface area contributed by atoms with E-state index in [1.165, 1.54) is 18.5 Å². The highest BCUT2D eigenvalue weighted by molar-refractivity contribution is 14.0. The highest BCUT2D eigenvalue weighted by Gasteiger charge is 2.22. The summed E-state index contributed by atoms with van der Waals surface area (Å²) >= 11 is 0. The Morgan fingerprint density at radius 1 is 1.08 bits per heavy atom. The smallest absolute Gasteiger partial charge is 0.191 e. The molecule has 146 valence electrons. The molecule has 0 aromatic heterocycles. The van der Waals surface area contributed by atoms with Gasteiger partial charge in [-0.1, -0.05) is 25.1 Å². The van der Waals surface area contributed by atoms with Gasteiger partial charge in [0, 0.05) is 51.0 Å². The first-order valence-electron chi connectivity index (χ1n) is 9.72. The molecule has 26 heavy (non-hydrogen) atoms. The monoisotopic (exact) mass is 471 g/mol. The minimum Gasteiger partial charge on any atom is -0.370 e. The summed E-state index contributed by atoms with van der Waals surface area (Å²) in [6.45, 7) is 11.8. The second-order valence-electron chi connectivity index (χ2n) is 7.58. The topological polar surface area (TPSA) is 48.1 Å². The summed E-state index contributed by atoms with van der Waals surface area (Å²) in [5.41, 5.74) is 7.55. The van der Waals surface area contributed by atoms with Crippen LogP contribution in [0.1, 0.15) is 26.7 Å². The third-order valence-corrected chi connectivity index (χ3v) is 5.68.